The Kier molecular flexibility index (Phi) is 18.3. The fraction of sp³-hybridized carbons (Fsp3) is 0.846. The SMILES string of the molecule is CCCCCC=CCO.CCN(C)CC. The lowest BCUT2D eigenvalue weighted by molar-refractivity contribution is 0.342. The molecule has 0 aliphatic heterocycles. The van der Waals surface area contributed by atoms with Crippen LogP contribution in [0.4, 0.5) is 0 Å². The van der Waals surface area contributed by atoms with Crippen molar-refractivity contribution in [3.05, 3.63) is 12.2 Å². The van der Waals surface area contributed by atoms with Crippen molar-refractivity contribution < 1.29 is 5.11 Å². The van der Waals surface area contributed by atoms with Crippen LogP contribution in [0.1, 0.15) is 46.5 Å². The van der Waals surface area contributed by atoms with E-state index in [-0.39, 0.29) is 6.61 Å². The van der Waals surface area contributed by atoms with Crippen LogP contribution in [0, 0.1) is 0 Å². The second kappa shape index (κ2) is 16.1. The number of aliphatic hydroxyl groups is 1. The van der Waals surface area contributed by atoms with Gasteiger partial charge in [-0.3, -0.25) is 0 Å². The highest BCUT2D eigenvalue weighted by atomic mass is 16.2. The van der Waals surface area contributed by atoms with E-state index in [9.17, 15) is 0 Å². The average molecular weight is 215 g/mol. The van der Waals surface area contributed by atoms with Gasteiger partial charge in [-0.25, -0.2) is 0 Å². The van der Waals surface area contributed by atoms with E-state index in [1.807, 2.05) is 6.08 Å². The summed E-state index contributed by atoms with van der Waals surface area (Å²) < 4.78 is 0. The normalized spacial score (nSPS) is 10.5. The van der Waals surface area contributed by atoms with Gasteiger partial charge in [0.1, 0.15) is 0 Å². The van der Waals surface area contributed by atoms with Gasteiger partial charge in [0, 0.05) is 0 Å². The van der Waals surface area contributed by atoms with Crippen LogP contribution in [0.25, 0.3) is 0 Å². The second-order valence-electron chi connectivity index (χ2n) is 3.64. The van der Waals surface area contributed by atoms with Gasteiger partial charge in [0.15, 0.2) is 0 Å². The lowest BCUT2D eigenvalue weighted by Gasteiger charge is -2.07. The minimum atomic E-state index is 0.187. The zero-order valence-electron chi connectivity index (χ0n) is 11.0. The molecular weight excluding hydrogens is 186 g/mol. The summed E-state index contributed by atoms with van der Waals surface area (Å²) in [5, 5.41) is 8.34. The summed E-state index contributed by atoms with van der Waals surface area (Å²) in [6.07, 6.45) is 8.79. The van der Waals surface area contributed by atoms with Gasteiger partial charge in [0.05, 0.1) is 6.61 Å². The topological polar surface area (TPSA) is 23.5 Å². The molecule has 0 bridgehead atoms. The maximum atomic E-state index is 8.34. The van der Waals surface area contributed by atoms with Crippen LogP contribution < -0.4 is 0 Å². The van der Waals surface area contributed by atoms with Gasteiger partial charge >= 0.3 is 0 Å². The van der Waals surface area contributed by atoms with Crippen LogP contribution in [-0.4, -0.2) is 36.8 Å². The summed E-state index contributed by atoms with van der Waals surface area (Å²) in [6.45, 7) is 9.02. The van der Waals surface area contributed by atoms with Gasteiger partial charge in [0.25, 0.3) is 0 Å². The van der Waals surface area contributed by atoms with Crippen molar-refractivity contribution in [2.24, 2.45) is 0 Å². The van der Waals surface area contributed by atoms with Gasteiger partial charge in [-0.05, 0) is 33.0 Å². The lowest BCUT2D eigenvalue weighted by atomic mass is 10.2. The molecule has 0 heterocycles. The molecule has 0 fully saturated rings. The number of nitrogens with zero attached hydrogens (tertiary/aromatic N) is 1. The summed E-state index contributed by atoms with van der Waals surface area (Å²) in [5.41, 5.74) is 0. The number of hydrogen-bond acceptors (Lipinski definition) is 2. The standard InChI is InChI=1S/C8H16O.C5H13N/c1-2-3-4-5-6-7-8-9;1-4-6(3)5-2/h6-7,9H,2-5,8H2,1H3;4-5H2,1-3H3. The van der Waals surface area contributed by atoms with Crippen LogP contribution in [0.15, 0.2) is 12.2 Å². The van der Waals surface area contributed by atoms with E-state index in [0.29, 0.717) is 0 Å². The molecule has 92 valence electrons. The van der Waals surface area contributed by atoms with Crippen LogP contribution in [0.2, 0.25) is 0 Å². The molecule has 0 atom stereocenters. The Bertz CT molecular complexity index is 120. The Balaban J connectivity index is 0. The largest absolute Gasteiger partial charge is 0.392 e. The molecule has 0 saturated carbocycles. The fourth-order valence-corrected chi connectivity index (χ4v) is 0.928. The summed E-state index contributed by atoms with van der Waals surface area (Å²) in [7, 11) is 2.11. The maximum Gasteiger partial charge on any atom is 0.0612 e. The first-order chi connectivity index (χ1) is 7.22. The third-order valence-corrected chi connectivity index (χ3v) is 2.33. The Hall–Kier alpha value is -0.340. The minimum absolute atomic E-state index is 0.187. The average Bonchev–Trinajstić information content (AvgIpc) is 2.29. The van der Waals surface area contributed by atoms with Gasteiger partial charge < -0.3 is 10.0 Å². The summed E-state index contributed by atoms with van der Waals surface area (Å²) in [4.78, 5) is 2.25. The number of rotatable bonds is 7. The number of allylic oxidation sites excluding steroid dienone is 1. The van der Waals surface area contributed by atoms with E-state index in [0.717, 1.165) is 19.5 Å². The molecule has 0 radical (unpaired) electrons. The molecule has 0 aromatic carbocycles. The molecule has 0 amide bonds. The third-order valence-electron chi connectivity index (χ3n) is 2.33. The lowest BCUT2D eigenvalue weighted by Crippen LogP contribution is -2.15. The molecule has 15 heavy (non-hydrogen) atoms. The number of unbranched alkanes of at least 4 members (excludes halogenated alkanes) is 3. The van der Waals surface area contributed by atoms with Crippen molar-refractivity contribution in [2.75, 3.05) is 26.7 Å². The minimum Gasteiger partial charge on any atom is -0.392 e. The molecule has 2 nitrogen and oxygen atoms in total. The molecule has 0 aliphatic carbocycles. The van der Waals surface area contributed by atoms with Crippen LogP contribution in [0.5, 0.6) is 0 Å². The van der Waals surface area contributed by atoms with E-state index < -0.39 is 0 Å². The summed E-state index contributed by atoms with van der Waals surface area (Å²) in [6, 6.07) is 0. The van der Waals surface area contributed by atoms with Gasteiger partial charge in [-0.1, -0.05) is 45.8 Å². The van der Waals surface area contributed by atoms with E-state index in [4.69, 9.17) is 5.11 Å². The first-order valence-corrected chi connectivity index (χ1v) is 6.17. The highest BCUT2D eigenvalue weighted by Gasteiger charge is 1.81. The Morgan fingerprint density at radius 3 is 1.93 bits per heavy atom. The molecule has 0 unspecified atom stereocenters. The first-order valence-electron chi connectivity index (χ1n) is 6.17. The first kappa shape index (κ1) is 17.1. The van der Waals surface area contributed by atoms with Gasteiger partial charge in [0.2, 0.25) is 0 Å². The summed E-state index contributed by atoms with van der Waals surface area (Å²) >= 11 is 0. The van der Waals surface area contributed by atoms with Crippen molar-refractivity contribution in [2.45, 2.75) is 46.5 Å². The second-order valence-corrected chi connectivity index (χ2v) is 3.64. The molecule has 0 rings (SSSR count). The van der Waals surface area contributed by atoms with Gasteiger partial charge in [-0.15, -0.1) is 0 Å². The van der Waals surface area contributed by atoms with E-state index in [1.54, 1.807) is 6.08 Å². The third kappa shape index (κ3) is 19.9. The summed E-state index contributed by atoms with van der Waals surface area (Å²) in [5.74, 6) is 0. The Labute approximate surface area is 96.0 Å². The van der Waals surface area contributed by atoms with Gasteiger partial charge in [-0.2, -0.15) is 0 Å². The van der Waals surface area contributed by atoms with Crippen molar-refractivity contribution in [3.8, 4) is 0 Å². The molecule has 0 spiro atoms. The van der Waals surface area contributed by atoms with E-state index in [2.05, 4.69) is 32.7 Å². The molecule has 1 N–H and O–H groups in total. The monoisotopic (exact) mass is 215 g/mol. The van der Waals surface area contributed by atoms with Crippen molar-refractivity contribution >= 4 is 0 Å². The Morgan fingerprint density at radius 2 is 1.60 bits per heavy atom. The van der Waals surface area contributed by atoms with Crippen LogP contribution in [0.3, 0.4) is 0 Å². The highest BCUT2D eigenvalue weighted by molar-refractivity contribution is 4.80. The van der Waals surface area contributed by atoms with Crippen LogP contribution in [-0.2, 0) is 0 Å². The Morgan fingerprint density at radius 1 is 1.00 bits per heavy atom. The predicted octanol–water partition coefficient (Wildman–Crippen LogP) is 3.07. The number of aliphatic hydroxyl groups excluding tert-OH is 1. The smallest absolute Gasteiger partial charge is 0.0612 e. The number of hydrogen-bond donors (Lipinski definition) is 1. The van der Waals surface area contributed by atoms with Crippen molar-refractivity contribution in [1.29, 1.82) is 0 Å². The quantitative estimate of drug-likeness (QED) is 0.521. The zero-order chi connectivity index (χ0) is 11.9. The van der Waals surface area contributed by atoms with E-state index >= 15 is 0 Å². The molecule has 0 aliphatic rings. The fourth-order valence-electron chi connectivity index (χ4n) is 0.928. The highest BCUT2D eigenvalue weighted by Crippen LogP contribution is 1.98. The van der Waals surface area contributed by atoms with Crippen molar-refractivity contribution in [1.82, 2.24) is 4.90 Å². The maximum absolute atomic E-state index is 8.34. The molecule has 0 aromatic rings. The van der Waals surface area contributed by atoms with Crippen molar-refractivity contribution in [3.63, 3.8) is 0 Å². The molecule has 2 heteroatoms. The van der Waals surface area contributed by atoms with Crippen LogP contribution >= 0.6 is 0 Å². The van der Waals surface area contributed by atoms with E-state index in [1.165, 1.54) is 19.3 Å². The molecule has 0 saturated heterocycles. The zero-order valence-corrected chi connectivity index (χ0v) is 11.0. The molecular formula is C13H29NO. The predicted molar refractivity (Wildman–Crippen MR) is 69.2 cm³/mol. The molecule has 0 aromatic heterocycles.